The predicted octanol–water partition coefficient (Wildman–Crippen LogP) is 3.02. The minimum Gasteiger partial charge on any atom is -0.372 e. The number of rotatable bonds is 5. The second kappa shape index (κ2) is 7.09. The summed E-state index contributed by atoms with van der Waals surface area (Å²) in [7, 11) is 2.22. The minimum absolute atomic E-state index is 0.169. The lowest BCUT2D eigenvalue weighted by atomic mass is 10.0. The van der Waals surface area contributed by atoms with Crippen molar-refractivity contribution >= 4 is 5.69 Å². The van der Waals surface area contributed by atoms with E-state index in [-0.39, 0.29) is 6.04 Å². The molecule has 3 nitrogen and oxygen atoms in total. The van der Waals surface area contributed by atoms with Crippen molar-refractivity contribution in [3.63, 3.8) is 0 Å². The Morgan fingerprint density at radius 2 is 1.80 bits per heavy atom. The van der Waals surface area contributed by atoms with Gasteiger partial charge in [0.1, 0.15) is 0 Å². The van der Waals surface area contributed by atoms with Gasteiger partial charge >= 0.3 is 0 Å². The Kier molecular flexibility index (Phi) is 5.44. The molecular weight excluding hydrogens is 246 g/mol. The number of hydrogen-bond donors (Lipinski definition) is 1. The van der Waals surface area contributed by atoms with Crippen LogP contribution in [0.3, 0.4) is 0 Å². The molecular formula is C17H29N3. The predicted molar refractivity (Wildman–Crippen MR) is 87.2 cm³/mol. The van der Waals surface area contributed by atoms with Gasteiger partial charge in [-0.25, -0.2) is 0 Å². The Bertz CT molecular complexity index is 393. The van der Waals surface area contributed by atoms with Crippen molar-refractivity contribution in [1.82, 2.24) is 4.90 Å². The molecule has 1 fully saturated rings. The van der Waals surface area contributed by atoms with Gasteiger partial charge in [-0.15, -0.1) is 0 Å². The Hall–Kier alpha value is -1.06. The maximum absolute atomic E-state index is 6.07. The maximum atomic E-state index is 6.07. The molecule has 1 aromatic rings. The van der Waals surface area contributed by atoms with E-state index in [1.54, 1.807) is 0 Å². The van der Waals surface area contributed by atoms with Gasteiger partial charge in [0.15, 0.2) is 0 Å². The zero-order chi connectivity index (χ0) is 14.5. The van der Waals surface area contributed by atoms with Gasteiger partial charge < -0.3 is 15.5 Å². The summed E-state index contributed by atoms with van der Waals surface area (Å²) < 4.78 is 0. The number of anilines is 1. The highest BCUT2D eigenvalue weighted by atomic mass is 15.2. The Morgan fingerprint density at radius 3 is 2.30 bits per heavy atom. The zero-order valence-corrected chi connectivity index (χ0v) is 13.2. The van der Waals surface area contributed by atoms with E-state index in [1.807, 2.05) is 0 Å². The van der Waals surface area contributed by atoms with E-state index >= 15 is 0 Å². The number of benzene rings is 1. The van der Waals surface area contributed by atoms with Crippen LogP contribution in [-0.2, 0) is 0 Å². The monoisotopic (exact) mass is 275 g/mol. The highest BCUT2D eigenvalue weighted by Gasteiger charge is 2.21. The molecule has 3 heteroatoms. The van der Waals surface area contributed by atoms with E-state index in [1.165, 1.54) is 43.7 Å². The van der Waals surface area contributed by atoms with Crippen LogP contribution >= 0.6 is 0 Å². The normalized spacial score (nSPS) is 19.0. The first-order chi connectivity index (χ1) is 9.65. The van der Waals surface area contributed by atoms with Gasteiger partial charge in [-0.1, -0.05) is 26.0 Å². The van der Waals surface area contributed by atoms with Crippen molar-refractivity contribution in [1.29, 1.82) is 0 Å². The molecule has 1 saturated heterocycles. The molecule has 0 saturated carbocycles. The van der Waals surface area contributed by atoms with E-state index < -0.39 is 0 Å². The first-order valence-corrected chi connectivity index (χ1v) is 7.96. The summed E-state index contributed by atoms with van der Waals surface area (Å²) in [4.78, 5) is 4.97. The van der Waals surface area contributed by atoms with E-state index in [0.717, 1.165) is 6.42 Å². The quantitative estimate of drug-likeness (QED) is 0.896. The molecule has 0 bridgehead atoms. The van der Waals surface area contributed by atoms with Crippen LogP contribution in [0.15, 0.2) is 24.3 Å². The third-order valence-electron chi connectivity index (χ3n) is 4.72. The molecule has 112 valence electrons. The molecule has 1 atom stereocenters. The molecule has 0 aliphatic carbocycles. The number of piperidine rings is 1. The van der Waals surface area contributed by atoms with Crippen LogP contribution in [0.25, 0.3) is 0 Å². The van der Waals surface area contributed by atoms with Crippen LogP contribution < -0.4 is 10.6 Å². The molecule has 1 heterocycles. The minimum atomic E-state index is 0.169. The zero-order valence-electron chi connectivity index (χ0n) is 13.2. The molecule has 1 aromatic carbocycles. The summed E-state index contributed by atoms with van der Waals surface area (Å²) in [6.45, 7) is 8.01. The standard InChI is InChI=1S/C17H29N3/c1-4-17(18)14-6-8-15(9-7-14)19(3)16-10-12-20(5-2)13-11-16/h6-9,16-17H,4-5,10-13,18H2,1-3H3/t17-/m1/s1. The Morgan fingerprint density at radius 1 is 1.20 bits per heavy atom. The molecule has 2 rings (SSSR count). The van der Waals surface area contributed by atoms with Crippen LogP contribution in [0.1, 0.15) is 44.7 Å². The Labute approximate surface area is 123 Å². The fraction of sp³-hybridized carbons (Fsp3) is 0.647. The van der Waals surface area contributed by atoms with Gasteiger partial charge in [0.05, 0.1) is 0 Å². The first kappa shape index (κ1) is 15.3. The lowest BCUT2D eigenvalue weighted by molar-refractivity contribution is 0.221. The van der Waals surface area contributed by atoms with Crippen LogP contribution in [0.4, 0.5) is 5.69 Å². The lowest BCUT2D eigenvalue weighted by Gasteiger charge is -2.37. The summed E-state index contributed by atoms with van der Waals surface area (Å²) in [5, 5.41) is 0. The van der Waals surface area contributed by atoms with Crippen molar-refractivity contribution in [3.05, 3.63) is 29.8 Å². The third kappa shape index (κ3) is 3.53. The molecule has 0 aromatic heterocycles. The van der Waals surface area contributed by atoms with E-state index in [0.29, 0.717) is 6.04 Å². The second-order valence-electron chi connectivity index (χ2n) is 5.88. The number of hydrogen-bond acceptors (Lipinski definition) is 3. The molecule has 0 radical (unpaired) electrons. The van der Waals surface area contributed by atoms with Crippen LogP contribution in [0.5, 0.6) is 0 Å². The van der Waals surface area contributed by atoms with Crippen molar-refractivity contribution < 1.29 is 0 Å². The average Bonchev–Trinajstić information content (AvgIpc) is 2.53. The third-order valence-corrected chi connectivity index (χ3v) is 4.72. The SMILES string of the molecule is CC[C@@H](N)c1ccc(N(C)C2CCN(CC)CC2)cc1. The Balaban J connectivity index is 1.97. The fourth-order valence-electron chi connectivity index (χ4n) is 3.03. The van der Waals surface area contributed by atoms with Gasteiger partial charge in [0.2, 0.25) is 0 Å². The van der Waals surface area contributed by atoms with Gasteiger partial charge in [-0.05, 0) is 43.5 Å². The summed E-state index contributed by atoms with van der Waals surface area (Å²) in [5.41, 5.74) is 8.63. The van der Waals surface area contributed by atoms with Crippen molar-refractivity contribution in [2.75, 3.05) is 31.6 Å². The fourth-order valence-corrected chi connectivity index (χ4v) is 3.03. The maximum Gasteiger partial charge on any atom is 0.0366 e. The van der Waals surface area contributed by atoms with Crippen molar-refractivity contribution in [3.8, 4) is 0 Å². The molecule has 20 heavy (non-hydrogen) atoms. The van der Waals surface area contributed by atoms with Gasteiger partial charge in [0, 0.05) is 37.9 Å². The number of nitrogens with zero attached hydrogens (tertiary/aromatic N) is 2. The molecule has 0 amide bonds. The molecule has 0 unspecified atom stereocenters. The molecule has 2 N–H and O–H groups in total. The van der Waals surface area contributed by atoms with Crippen molar-refractivity contribution in [2.24, 2.45) is 5.73 Å². The molecule has 1 aliphatic rings. The largest absolute Gasteiger partial charge is 0.372 e. The van der Waals surface area contributed by atoms with Crippen LogP contribution in [0.2, 0.25) is 0 Å². The summed E-state index contributed by atoms with van der Waals surface area (Å²) in [6, 6.07) is 9.64. The van der Waals surface area contributed by atoms with Crippen LogP contribution in [-0.4, -0.2) is 37.6 Å². The molecule has 1 aliphatic heterocycles. The highest BCUT2D eigenvalue weighted by Crippen LogP contribution is 2.24. The van der Waals surface area contributed by atoms with E-state index in [9.17, 15) is 0 Å². The van der Waals surface area contributed by atoms with Gasteiger partial charge in [0.25, 0.3) is 0 Å². The topological polar surface area (TPSA) is 32.5 Å². The summed E-state index contributed by atoms with van der Waals surface area (Å²) >= 11 is 0. The summed E-state index contributed by atoms with van der Waals surface area (Å²) in [5.74, 6) is 0. The van der Waals surface area contributed by atoms with Crippen molar-refractivity contribution in [2.45, 2.75) is 45.2 Å². The smallest absolute Gasteiger partial charge is 0.0366 e. The van der Waals surface area contributed by atoms with Gasteiger partial charge in [-0.3, -0.25) is 0 Å². The highest BCUT2D eigenvalue weighted by molar-refractivity contribution is 5.48. The number of nitrogens with two attached hydrogens (primary N) is 1. The van der Waals surface area contributed by atoms with E-state index in [4.69, 9.17) is 5.73 Å². The van der Waals surface area contributed by atoms with E-state index in [2.05, 4.69) is 55.0 Å². The lowest BCUT2D eigenvalue weighted by Crippen LogP contribution is -2.43. The first-order valence-electron chi connectivity index (χ1n) is 7.96. The summed E-state index contributed by atoms with van der Waals surface area (Å²) in [6.07, 6.45) is 3.52. The molecule has 0 spiro atoms. The van der Waals surface area contributed by atoms with Crippen LogP contribution in [0, 0.1) is 0 Å². The van der Waals surface area contributed by atoms with Gasteiger partial charge in [-0.2, -0.15) is 0 Å². The second-order valence-corrected chi connectivity index (χ2v) is 5.88. The number of likely N-dealkylation sites (tertiary alicyclic amines) is 1. The average molecular weight is 275 g/mol.